The van der Waals surface area contributed by atoms with Gasteiger partial charge in [-0.05, 0) is 29.3 Å². The number of hydrogen-bond acceptors (Lipinski definition) is 7. The molecule has 8 heteroatoms. The first-order chi connectivity index (χ1) is 10.6. The fourth-order valence-electron chi connectivity index (χ4n) is 1.68. The van der Waals surface area contributed by atoms with Gasteiger partial charge in [0.1, 0.15) is 5.03 Å². The minimum absolute atomic E-state index is 0.108. The summed E-state index contributed by atoms with van der Waals surface area (Å²) in [5, 5.41) is 1.50. The lowest BCUT2D eigenvalue weighted by Gasteiger charge is -2.15. The lowest BCUT2D eigenvalue weighted by Crippen LogP contribution is -2.34. The van der Waals surface area contributed by atoms with Crippen LogP contribution in [-0.2, 0) is 19.2 Å². The van der Waals surface area contributed by atoms with Gasteiger partial charge in [0.25, 0.3) is 11.8 Å². The van der Waals surface area contributed by atoms with Crippen LogP contribution in [-0.4, -0.2) is 33.6 Å². The fourth-order valence-corrected chi connectivity index (χ4v) is 3.77. The number of carbonyl (C=O) groups is 3. The molecule has 0 spiro atoms. The van der Waals surface area contributed by atoms with E-state index in [0.717, 1.165) is 10.8 Å². The Morgan fingerprint density at radius 3 is 2.73 bits per heavy atom. The summed E-state index contributed by atoms with van der Waals surface area (Å²) in [7, 11) is 3.14. The maximum Gasteiger partial charge on any atom is 0.336 e. The Morgan fingerprint density at radius 2 is 2.09 bits per heavy atom. The van der Waals surface area contributed by atoms with Gasteiger partial charge in [0, 0.05) is 24.8 Å². The van der Waals surface area contributed by atoms with Crippen LogP contribution in [0.1, 0.15) is 26.2 Å². The van der Waals surface area contributed by atoms with Gasteiger partial charge in [0.05, 0.1) is 5.92 Å². The molecule has 6 nitrogen and oxygen atoms in total. The van der Waals surface area contributed by atoms with E-state index in [2.05, 4.69) is 4.98 Å². The van der Waals surface area contributed by atoms with E-state index in [1.807, 2.05) is 18.2 Å². The van der Waals surface area contributed by atoms with E-state index in [-0.39, 0.29) is 18.8 Å². The first-order valence-electron chi connectivity index (χ1n) is 6.86. The number of nitrogens with zero attached hydrogens (tertiary/aromatic N) is 2. The Bertz CT molecular complexity index is 537. The third-order valence-corrected chi connectivity index (χ3v) is 5.30. The Balaban J connectivity index is 1.68. The molecule has 0 radical (unpaired) electrons. The van der Waals surface area contributed by atoms with Crippen molar-refractivity contribution in [2.45, 2.75) is 31.2 Å². The molecule has 1 unspecified atom stereocenters. The number of amides is 2. The van der Waals surface area contributed by atoms with Crippen molar-refractivity contribution in [3.05, 3.63) is 24.4 Å². The second-order valence-corrected chi connectivity index (χ2v) is 7.19. The Kier molecular flexibility index (Phi) is 6.26. The van der Waals surface area contributed by atoms with Gasteiger partial charge in [-0.25, -0.2) is 9.78 Å². The molecule has 2 rings (SSSR count). The average molecular weight is 340 g/mol. The van der Waals surface area contributed by atoms with Crippen LogP contribution in [0.3, 0.4) is 0 Å². The number of carbonyl (C=O) groups excluding carboxylic acids is 3. The van der Waals surface area contributed by atoms with Gasteiger partial charge in [-0.2, -0.15) is 0 Å². The molecule has 1 aromatic heterocycles. The fraction of sp³-hybridized carbons (Fsp3) is 0.429. The number of aromatic nitrogens is 1. The maximum absolute atomic E-state index is 11.9. The molecule has 0 bridgehead atoms. The standard InChI is InChI=1S/C14H16N2O4S2/c1-10(7-9-21-22-11-4-2-3-8-15-11)14(19)20-16-12(17)5-6-13(16)18/h2-4,8,10H,5-7,9H2,1H3. The smallest absolute Gasteiger partial charge is 0.330 e. The summed E-state index contributed by atoms with van der Waals surface area (Å²) in [6.45, 7) is 1.72. The molecule has 0 N–H and O–H groups in total. The highest BCUT2D eigenvalue weighted by Crippen LogP contribution is 2.30. The number of hydroxylamine groups is 2. The lowest BCUT2D eigenvalue weighted by molar-refractivity contribution is -0.200. The van der Waals surface area contributed by atoms with E-state index < -0.39 is 17.8 Å². The Labute approximate surface area is 136 Å². The molecule has 2 heterocycles. The zero-order valence-electron chi connectivity index (χ0n) is 12.1. The normalized spacial score (nSPS) is 16.0. The Hall–Kier alpha value is -1.54. The highest BCUT2D eigenvalue weighted by Gasteiger charge is 2.33. The van der Waals surface area contributed by atoms with Crippen molar-refractivity contribution in [1.82, 2.24) is 10.0 Å². The quantitative estimate of drug-likeness (QED) is 0.429. The molecule has 1 aliphatic rings. The van der Waals surface area contributed by atoms with Crippen LogP contribution in [0.2, 0.25) is 0 Å². The number of rotatable bonds is 7. The average Bonchev–Trinajstić information content (AvgIpc) is 2.84. The molecule has 118 valence electrons. The van der Waals surface area contributed by atoms with E-state index >= 15 is 0 Å². The number of pyridine rings is 1. The molecule has 1 fully saturated rings. The summed E-state index contributed by atoms with van der Waals surface area (Å²) in [6, 6.07) is 5.69. The van der Waals surface area contributed by atoms with Crippen molar-refractivity contribution in [3.8, 4) is 0 Å². The highest BCUT2D eigenvalue weighted by molar-refractivity contribution is 8.76. The first kappa shape index (κ1) is 16.8. The van der Waals surface area contributed by atoms with Crippen LogP contribution in [0.15, 0.2) is 29.4 Å². The second kappa shape index (κ2) is 8.19. The molecule has 2 amide bonds. The highest BCUT2D eigenvalue weighted by atomic mass is 33.1. The van der Waals surface area contributed by atoms with Crippen molar-refractivity contribution < 1.29 is 19.2 Å². The molecule has 1 aliphatic heterocycles. The van der Waals surface area contributed by atoms with Gasteiger partial charge in [-0.3, -0.25) is 9.59 Å². The van der Waals surface area contributed by atoms with Crippen LogP contribution >= 0.6 is 21.6 Å². The summed E-state index contributed by atoms with van der Waals surface area (Å²) in [5.41, 5.74) is 0. The summed E-state index contributed by atoms with van der Waals surface area (Å²) >= 11 is 0. The molecule has 0 aromatic carbocycles. The maximum atomic E-state index is 11.9. The van der Waals surface area contributed by atoms with E-state index in [0.29, 0.717) is 11.5 Å². The van der Waals surface area contributed by atoms with Crippen LogP contribution < -0.4 is 0 Å². The van der Waals surface area contributed by atoms with Crippen LogP contribution in [0.4, 0.5) is 0 Å². The summed E-state index contributed by atoms with van der Waals surface area (Å²) in [6.07, 6.45) is 2.54. The summed E-state index contributed by atoms with van der Waals surface area (Å²) in [4.78, 5) is 43.7. The zero-order valence-corrected chi connectivity index (χ0v) is 13.7. The van der Waals surface area contributed by atoms with Gasteiger partial charge >= 0.3 is 5.97 Å². The SMILES string of the molecule is CC(CCSSc1ccccn1)C(=O)ON1C(=O)CCC1=O. The molecular weight excluding hydrogens is 324 g/mol. The van der Waals surface area contributed by atoms with Gasteiger partial charge in [0.15, 0.2) is 0 Å². The largest absolute Gasteiger partial charge is 0.336 e. The Morgan fingerprint density at radius 1 is 1.36 bits per heavy atom. The molecular formula is C14H16N2O4S2. The minimum atomic E-state index is -0.549. The van der Waals surface area contributed by atoms with E-state index in [4.69, 9.17) is 4.84 Å². The molecule has 0 aliphatic carbocycles. The van der Waals surface area contributed by atoms with Crippen LogP contribution in [0, 0.1) is 5.92 Å². The van der Waals surface area contributed by atoms with Crippen molar-refractivity contribution in [2.75, 3.05) is 5.75 Å². The van der Waals surface area contributed by atoms with Crippen molar-refractivity contribution in [2.24, 2.45) is 5.92 Å². The number of hydrogen-bond donors (Lipinski definition) is 0. The monoisotopic (exact) mass is 340 g/mol. The van der Waals surface area contributed by atoms with E-state index in [1.165, 1.54) is 0 Å². The summed E-state index contributed by atoms with van der Waals surface area (Å²) < 4.78 is 0. The van der Waals surface area contributed by atoms with Crippen molar-refractivity contribution >= 4 is 39.4 Å². The van der Waals surface area contributed by atoms with E-state index in [1.54, 1.807) is 34.7 Å². The van der Waals surface area contributed by atoms with Gasteiger partial charge in [-0.1, -0.05) is 23.8 Å². The minimum Gasteiger partial charge on any atom is -0.330 e. The second-order valence-electron chi connectivity index (χ2n) is 4.76. The molecule has 22 heavy (non-hydrogen) atoms. The molecule has 1 atom stereocenters. The molecule has 0 saturated carbocycles. The predicted molar refractivity (Wildman–Crippen MR) is 83.5 cm³/mol. The topological polar surface area (TPSA) is 76.6 Å². The summed E-state index contributed by atoms with van der Waals surface area (Å²) in [5.74, 6) is -1.10. The first-order valence-corrected chi connectivity index (χ1v) is 9.18. The lowest BCUT2D eigenvalue weighted by atomic mass is 10.1. The van der Waals surface area contributed by atoms with Crippen LogP contribution in [0.5, 0.6) is 0 Å². The van der Waals surface area contributed by atoms with Gasteiger partial charge in [0.2, 0.25) is 0 Å². The predicted octanol–water partition coefficient (Wildman–Crippen LogP) is 2.46. The van der Waals surface area contributed by atoms with Crippen LogP contribution in [0.25, 0.3) is 0 Å². The third kappa shape index (κ3) is 4.74. The number of imide groups is 1. The van der Waals surface area contributed by atoms with Crippen molar-refractivity contribution in [1.29, 1.82) is 0 Å². The third-order valence-electron chi connectivity index (χ3n) is 3.01. The van der Waals surface area contributed by atoms with Gasteiger partial charge in [-0.15, -0.1) is 5.06 Å². The van der Waals surface area contributed by atoms with Crippen molar-refractivity contribution in [3.63, 3.8) is 0 Å². The zero-order chi connectivity index (χ0) is 15.9. The molecule has 1 saturated heterocycles. The van der Waals surface area contributed by atoms with E-state index in [9.17, 15) is 14.4 Å². The molecule has 1 aromatic rings. The van der Waals surface area contributed by atoms with Gasteiger partial charge < -0.3 is 4.84 Å².